The lowest BCUT2D eigenvalue weighted by molar-refractivity contribution is 0.0778. The highest BCUT2D eigenvalue weighted by Gasteiger charge is 2.22. The quantitative estimate of drug-likeness (QED) is 0.800. The summed E-state index contributed by atoms with van der Waals surface area (Å²) in [5.74, 6) is 1.72. The smallest absolute Gasteiger partial charge is 0.230 e. The molecular weight excluding hydrogens is 226 g/mol. The number of nitrogens with zero attached hydrogens (tertiary/aromatic N) is 3. The molecule has 16 heavy (non-hydrogen) atoms. The summed E-state index contributed by atoms with van der Waals surface area (Å²) in [5.41, 5.74) is 1.76. The van der Waals surface area contributed by atoms with Gasteiger partial charge in [-0.3, -0.25) is 4.98 Å². The van der Waals surface area contributed by atoms with E-state index in [1.54, 1.807) is 11.7 Å². The Morgan fingerprint density at radius 3 is 2.94 bits per heavy atom. The van der Waals surface area contributed by atoms with E-state index in [0.717, 1.165) is 36.8 Å². The maximum atomic E-state index is 5.30. The molecule has 2 aromatic rings. The van der Waals surface area contributed by atoms with Gasteiger partial charge in [-0.2, -0.15) is 4.98 Å². The Kier molecular flexibility index (Phi) is 2.67. The molecule has 2 aromatic heterocycles. The predicted molar refractivity (Wildman–Crippen MR) is 58.2 cm³/mol. The summed E-state index contributed by atoms with van der Waals surface area (Å²) < 4.78 is 10.6. The Morgan fingerprint density at radius 2 is 2.19 bits per heavy atom. The Bertz CT molecular complexity index is 448. The molecule has 1 aliphatic heterocycles. The second kappa shape index (κ2) is 4.31. The third-order valence-electron chi connectivity index (χ3n) is 2.66. The van der Waals surface area contributed by atoms with E-state index in [1.807, 2.05) is 0 Å². The Hall–Kier alpha value is -1.27. The van der Waals surface area contributed by atoms with Crippen molar-refractivity contribution in [2.75, 3.05) is 13.2 Å². The van der Waals surface area contributed by atoms with E-state index in [9.17, 15) is 0 Å². The molecule has 0 atom stereocenters. The fraction of sp³-hybridized carbons (Fsp3) is 0.500. The predicted octanol–water partition coefficient (Wildman–Crippen LogP) is 2.09. The van der Waals surface area contributed by atoms with Gasteiger partial charge in [0.1, 0.15) is 0 Å². The van der Waals surface area contributed by atoms with E-state index in [-0.39, 0.29) is 0 Å². The zero-order valence-corrected chi connectivity index (χ0v) is 9.44. The number of thiazole rings is 1. The molecule has 1 fully saturated rings. The van der Waals surface area contributed by atoms with Gasteiger partial charge in [0.15, 0.2) is 0 Å². The molecule has 3 heterocycles. The van der Waals surface area contributed by atoms with Gasteiger partial charge in [-0.25, -0.2) is 0 Å². The van der Waals surface area contributed by atoms with E-state index in [0.29, 0.717) is 11.7 Å². The van der Waals surface area contributed by atoms with E-state index >= 15 is 0 Å². The Morgan fingerprint density at radius 1 is 1.31 bits per heavy atom. The summed E-state index contributed by atoms with van der Waals surface area (Å²) in [6, 6.07) is 0. The first-order valence-electron chi connectivity index (χ1n) is 5.23. The fourth-order valence-electron chi connectivity index (χ4n) is 1.77. The van der Waals surface area contributed by atoms with Crippen LogP contribution in [-0.4, -0.2) is 28.3 Å². The Balaban J connectivity index is 1.82. The highest BCUT2D eigenvalue weighted by atomic mass is 32.1. The molecule has 0 radical (unpaired) electrons. The minimum Gasteiger partial charge on any atom is -0.381 e. The summed E-state index contributed by atoms with van der Waals surface area (Å²) in [7, 11) is 0. The van der Waals surface area contributed by atoms with E-state index in [1.165, 1.54) is 11.3 Å². The summed E-state index contributed by atoms with van der Waals surface area (Å²) in [5, 5.41) is 3.98. The summed E-state index contributed by atoms with van der Waals surface area (Å²) >= 11 is 1.52. The third kappa shape index (κ3) is 1.85. The minimum atomic E-state index is 0.350. The first-order valence-corrected chi connectivity index (χ1v) is 6.11. The van der Waals surface area contributed by atoms with Crippen molar-refractivity contribution in [1.29, 1.82) is 0 Å². The van der Waals surface area contributed by atoms with Crippen molar-refractivity contribution in [3.63, 3.8) is 0 Å². The molecule has 0 N–H and O–H groups in total. The van der Waals surface area contributed by atoms with Crippen LogP contribution < -0.4 is 0 Å². The molecule has 0 bridgehead atoms. The number of hydrogen-bond donors (Lipinski definition) is 0. The van der Waals surface area contributed by atoms with Gasteiger partial charge in [-0.15, -0.1) is 11.3 Å². The topological polar surface area (TPSA) is 61.0 Å². The largest absolute Gasteiger partial charge is 0.381 e. The molecule has 0 spiro atoms. The van der Waals surface area contributed by atoms with Crippen molar-refractivity contribution in [3.05, 3.63) is 17.6 Å². The van der Waals surface area contributed by atoms with Crippen LogP contribution in [0.3, 0.4) is 0 Å². The fourth-order valence-corrected chi connectivity index (χ4v) is 2.32. The van der Waals surface area contributed by atoms with E-state index < -0.39 is 0 Å². The minimum absolute atomic E-state index is 0.350. The van der Waals surface area contributed by atoms with Crippen molar-refractivity contribution in [2.45, 2.75) is 18.8 Å². The number of aromatic nitrogens is 3. The molecule has 5 nitrogen and oxygen atoms in total. The van der Waals surface area contributed by atoms with Crippen LogP contribution in [0.15, 0.2) is 16.2 Å². The van der Waals surface area contributed by atoms with Crippen LogP contribution in [0.4, 0.5) is 0 Å². The number of ether oxygens (including phenoxy) is 1. The molecule has 1 aliphatic rings. The standard InChI is InChI=1S/C10H11N3O2S/c1-3-14-4-2-7(1)10-12-9(13-15-10)8-5-11-6-16-8/h5-7H,1-4H2. The van der Waals surface area contributed by atoms with Crippen LogP contribution in [0, 0.1) is 0 Å². The van der Waals surface area contributed by atoms with Gasteiger partial charge < -0.3 is 9.26 Å². The normalized spacial score (nSPS) is 17.8. The van der Waals surface area contributed by atoms with Gasteiger partial charge in [-0.05, 0) is 12.8 Å². The summed E-state index contributed by atoms with van der Waals surface area (Å²) in [4.78, 5) is 9.36. The first kappa shape index (κ1) is 9.92. The molecule has 6 heteroatoms. The van der Waals surface area contributed by atoms with Crippen molar-refractivity contribution >= 4 is 11.3 Å². The van der Waals surface area contributed by atoms with Crippen molar-refractivity contribution in [1.82, 2.24) is 15.1 Å². The monoisotopic (exact) mass is 237 g/mol. The van der Waals surface area contributed by atoms with Gasteiger partial charge >= 0.3 is 0 Å². The highest BCUT2D eigenvalue weighted by molar-refractivity contribution is 7.13. The van der Waals surface area contributed by atoms with Crippen molar-refractivity contribution in [2.24, 2.45) is 0 Å². The Labute approximate surface area is 96.5 Å². The zero-order chi connectivity index (χ0) is 10.8. The van der Waals surface area contributed by atoms with Crippen LogP contribution in [0.25, 0.3) is 10.7 Å². The zero-order valence-electron chi connectivity index (χ0n) is 8.63. The second-order valence-corrected chi connectivity index (χ2v) is 4.59. The lowest BCUT2D eigenvalue weighted by Crippen LogP contribution is -2.14. The first-order chi connectivity index (χ1) is 7.93. The summed E-state index contributed by atoms with van der Waals surface area (Å²) in [6.45, 7) is 1.56. The average molecular weight is 237 g/mol. The SMILES string of the molecule is c1ncc(-c2noc(C3CCOCC3)n2)s1. The van der Waals surface area contributed by atoms with Crippen LogP contribution >= 0.6 is 11.3 Å². The van der Waals surface area contributed by atoms with Gasteiger partial charge in [0.05, 0.1) is 10.4 Å². The second-order valence-electron chi connectivity index (χ2n) is 3.71. The van der Waals surface area contributed by atoms with E-state index in [4.69, 9.17) is 9.26 Å². The van der Waals surface area contributed by atoms with Crippen LogP contribution in [0.2, 0.25) is 0 Å². The molecule has 0 aromatic carbocycles. The van der Waals surface area contributed by atoms with Gasteiger partial charge in [0.2, 0.25) is 11.7 Å². The maximum absolute atomic E-state index is 5.30. The average Bonchev–Trinajstić information content (AvgIpc) is 3.01. The van der Waals surface area contributed by atoms with Crippen LogP contribution in [0.1, 0.15) is 24.7 Å². The van der Waals surface area contributed by atoms with Crippen LogP contribution in [-0.2, 0) is 4.74 Å². The van der Waals surface area contributed by atoms with Crippen LogP contribution in [0.5, 0.6) is 0 Å². The molecule has 0 unspecified atom stereocenters. The number of rotatable bonds is 2. The molecular formula is C10H11N3O2S. The van der Waals surface area contributed by atoms with Gasteiger partial charge in [0, 0.05) is 25.3 Å². The molecule has 0 amide bonds. The molecule has 0 aliphatic carbocycles. The number of hydrogen-bond acceptors (Lipinski definition) is 6. The highest BCUT2D eigenvalue weighted by Crippen LogP contribution is 2.28. The van der Waals surface area contributed by atoms with Gasteiger partial charge in [0.25, 0.3) is 0 Å². The molecule has 1 saturated heterocycles. The third-order valence-corrected chi connectivity index (χ3v) is 3.43. The summed E-state index contributed by atoms with van der Waals surface area (Å²) in [6.07, 6.45) is 3.68. The maximum Gasteiger partial charge on any atom is 0.230 e. The molecule has 3 rings (SSSR count). The molecule has 0 saturated carbocycles. The van der Waals surface area contributed by atoms with Crippen molar-refractivity contribution in [3.8, 4) is 10.7 Å². The van der Waals surface area contributed by atoms with E-state index in [2.05, 4.69) is 15.1 Å². The van der Waals surface area contributed by atoms with Crippen molar-refractivity contribution < 1.29 is 9.26 Å². The van der Waals surface area contributed by atoms with Gasteiger partial charge in [-0.1, -0.05) is 5.16 Å². The molecule has 84 valence electrons. The lowest BCUT2D eigenvalue weighted by atomic mass is 10.0. The lowest BCUT2D eigenvalue weighted by Gasteiger charge is -2.17.